The summed E-state index contributed by atoms with van der Waals surface area (Å²) in [4.78, 5) is 26.4. The number of amides is 4. The molecule has 0 saturated heterocycles. The number of ether oxygens (including phenoxy) is 1. The first-order chi connectivity index (χ1) is 11.1. The minimum Gasteiger partial charge on any atom is -0.436 e. The highest BCUT2D eigenvalue weighted by Crippen LogP contribution is 2.25. The summed E-state index contributed by atoms with van der Waals surface area (Å²) in [6.45, 7) is 2.09. The van der Waals surface area contributed by atoms with Crippen LogP contribution < -0.4 is 5.32 Å². The van der Waals surface area contributed by atoms with Gasteiger partial charge in [-0.2, -0.15) is 0 Å². The number of rotatable bonds is 3. The second-order valence-corrected chi connectivity index (χ2v) is 6.21. The first-order valence-electron chi connectivity index (χ1n) is 7.21. The fraction of sp³-hybridized carbons (Fsp3) is 0.400. The maximum absolute atomic E-state index is 12.7. The number of halogens is 2. The topological polar surface area (TPSA) is 82.5 Å². The van der Waals surface area contributed by atoms with Gasteiger partial charge in [-0.1, -0.05) is 34.6 Å². The number of urea groups is 2. The van der Waals surface area contributed by atoms with E-state index in [-0.39, 0.29) is 11.6 Å². The van der Waals surface area contributed by atoms with Crippen molar-refractivity contribution in [1.29, 1.82) is 5.41 Å². The summed E-state index contributed by atoms with van der Waals surface area (Å²) < 4.78 is 4.24. The van der Waals surface area contributed by atoms with Crippen LogP contribution in [0.3, 0.4) is 0 Å². The van der Waals surface area contributed by atoms with Gasteiger partial charge in [0, 0.05) is 19.8 Å². The number of benzene rings is 1. The van der Waals surface area contributed by atoms with Crippen LogP contribution in [0.4, 0.5) is 15.3 Å². The summed E-state index contributed by atoms with van der Waals surface area (Å²) in [6, 6.07) is 2.71. The van der Waals surface area contributed by atoms with Crippen LogP contribution >= 0.6 is 23.2 Å². The Morgan fingerprint density at radius 1 is 1.29 bits per heavy atom. The molecule has 7 nitrogen and oxygen atoms in total. The largest absolute Gasteiger partial charge is 0.439 e. The molecule has 0 aliphatic carbocycles. The normalized spacial score (nSPS) is 12.9. The molecule has 1 aromatic rings. The Hall–Kier alpha value is -1.83. The van der Waals surface area contributed by atoms with Crippen LogP contribution in [0.2, 0.25) is 10.0 Å². The van der Waals surface area contributed by atoms with Crippen molar-refractivity contribution in [3.8, 4) is 0 Å². The number of imide groups is 1. The summed E-state index contributed by atoms with van der Waals surface area (Å²) >= 11 is 11.8. The van der Waals surface area contributed by atoms with Crippen LogP contribution in [-0.2, 0) is 4.74 Å². The summed E-state index contributed by atoms with van der Waals surface area (Å²) in [7, 11) is 4.30. The predicted molar refractivity (Wildman–Crippen MR) is 94.7 cm³/mol. The Morgan fingerprint density at radius 2 is 1.92 bits per heavy atom. The Morgan fingerprint density at radius 3 is 2.42 bits per heavy atom. The molecule has 0 aliphatic rings. The van der Waals surface area contributed by atoms with E-state index < -0.39 is 22.6 Å². The molecule has 1 atom stereocenters. The molecule has 24 heavy (non-hydrogen) atoms. The maximum Gasteiger partial charge on any atom is 0.439 e. The fourth-order valence-corrected chi connectivity index (χ4v) is 2.10. The molecule has 0 saturated carbocycles. The molecule has 0 aliphatic heterocycles. The van der Waals surface area contributed by atoms with Crippen molar-refractivity contribution in [1.82, 2.24) is 4.90 Å². The van der Waals surface area contributed by atoms with Crippen molar-refractivity contribution >= 4 is 47.0 Å². The van der Waals surface area contributed by atoms with Gasteiger partial charge in [0.2, 0.25) is 0 Å². The Kier molecular flexibility index (Phi) is 7.01. The average molecular weight is 376 g/mol. The lowest BCUT2D eigenvalue weighted by atomic mass is 10.3. The third kappa shape index (κ3) is 4.37. The zero-order chi connectivity index (χ0) is 18.5. The molecule has 9 heteroatoms. The van der Waals surface area contributed by atoms with Crippen LogP contribution in [0, 0.1) is 5.41 Å². The van der Waals surface area contributed by atoms with E-state index in [0.717, 1.165) is 0 Å². The molecule has 0 radical (unpaired) electrons. The molecule has 0 fully saturated rings. The molecule has 1 unspecified atom stereocenters. The van der Waals surface area contributed by atoms with Gasteiger partial charge in [-0.3, -0.25) is 10.2 Å². The molecule has 0 spiro atoms. The van der Waals surface area contributed by atoms with Gasteiger partial charge in [0.25, 0.3) is 0 Å². The van der Waals surface area contributed by atoms with Crippen LogP contribution in [-0.4, -0.2) is 55.2 Å². The Balaban J connectivity index is 3.13. The minimum absolute atomic E-state index is 0.230. The maximum atomic E-state index is 12.7. The van der Waals surface area contributed by atoms with E-state index in [0.29, 0.717) is 17.1 Å². The molecule has 2 N–H and O–H groups in total. The van der Waals surface area contributed by atoms with Crippen molar-refractivity contribution in [3.05, 3.63) is 28.2 Å². The summed E-state index contributed by atoms with van der Waals surface area (Å²) in [5.41, 5.74) is 0.355. The van der Waals surface area contributed by atoms with Crippen LogP contribution in [0.15, 0.2) is 18.2 Å². The van der Waals surface area contributed by atoms with Gasteiger partial charge in [-0.05, 0) is 24.6 Å². The van der Waals surface area contributed by atoms with Gasteiger partial charge in [0.15, 0.2) is 0 Å². The summed E-state index contributed by atoms with van der Waals surface area (Å²) in [5, 5.41) is 11.2. The number of amidine groups is 1. The Bertz CT molecular complexity index is 652. The van der Waals surface area contributed by atoms with Gasteiger partial charge < -0.3 is 4.74 Å². The number of carbonyl (C=O) groups excluding carboxylic acids is 2. The fourth-order valence-electron chi connectivity index (χ4n) is 1.80. The Labute approximate surface area is 151 Å². The lowest BCUT2D eigenvalue weighted by molar-refractivity contribution is -0.660. The van der Waals surface area contributed by atoms with Crippen molar-refractivity contribution in [2.45, 2.75) is 13.3 Å². The number of carbonyl (C=O) groups is 2. The summed E-state index contributed by atoms with van der Waals surface area (Å²) in [5.74, 6) is 0. The van der Waals surface area contributed by atoms with E-state index in [1.807, 2.05) is 6.92 Å². The lowest BCUT2D eigenvalue weighted by Crippen LogP contribution is -2.63. The molecule has 0 aromatic heterocycles. The number of hydrogen-bond acceptors (Lipinski definition) is 4. The molecular formula is C15H21Cl2N4O3+. The zero-order valence-electron chi connectivity index (χ0n) is 14.0. The van der Waals surface area contributed by atoms with Gasteiger partial charge in [-0.15, -0.1) is 0 Å². The SMILES string of the molecule is CCCOC(=N)[N+](C)(C(=O)Nc1ccc(Cl)c(Cl)c1)C(=O)N(C)C. The van der Waals surface area contributed by atoms with E-state index in [4.69, 9.17) is 33.3 Å². The number of quaternary nitrogens is 1. The highest BCUT2D eigenvalue weighted by molar-refractivity contribution is 6.42. The van der Waals surface area contributed by atoms with Gasteiger partial charge >= 0.3 is 18.1 Å². The van der Waals surface area contributed by atoms with E-state index in [2.05, 4.69) is 5.32 Å². The molecule has 4 amide bonds. The van der Waals surface area contributed by atoms with Crippen molar-refractivity contribution in [3.63, 3.8) is 0 Å². The first kappa shape index (κ1) is 20.2. The standard InChI is InChI=1S/C15H20Cl2N4O3/c1-5-8-24-13(18)21(4,15(23)20(2)3)14(22)19-10-6-7-11(16)12(17)9-10/h6-7,9,18H,5,8H2,1-4H3/p+1. The van der Waals surface area contributed by atoms with E-state index in [1.165, 1.54) is 38.2 Å². The van der Waals surface area contributed by atoms with Gasteiger partial charge in [0.05, 0.1) is 23.7 Å². The number of nitrogens with zero attached hydrogens (tertiary/aromatic N) is 2. The van der Waals surface area contributed by atoms with E-state index >= 15 is 0 Å². The first-order valence-corrected chi connectivity index (χ1v) is 7.97. The minimum atomic E-state index is -0.993. The van der Waals surface area contributed by atoms with Crippen molar-refractivity contribution in [2.75, 3.05) is 33.1 Å². The number of hydrogen-bond donors (Lipinski definition) is 2. The van der Waals surface area contributed by atoms with Crippen molar-refractivity contribution < 1.29 is 18.8 Å². The predicted octanol–water partition coefficient (Wildman–Crippen LogP) is 4.01. The van der Waals surface area contributed by atoms with Gasteiger partial charge in [-0.25, -0.2) is 15.0 Å². The number of nitrogens with one attached hydrogen (secondary N) is 2. The highest BCUT2D eigenvalue weighted by atomic mass is 35.5. The summed E-state index contributed by atoms with van der Waals surface area (Å²) in [6.07, 6.45) is 0.646. The highest BCUT2D eigenvalue weighted by Gasteiger charge is 2.49. The molecule has 1 rings (SSSR count). The van der Waals surface area contributed by atoms with Crippen LogP contribution in [0.5, 0.6) is 0 Å². The lowest BCUT2D eigenvalue weighted by Gasteiger charge is -2.29. The molecule has 0 heterocycles. The second-order valence-electron chi connectivity index (χ2n) is 5.40. The molecular weight excluding hydrogens is 355 g/mol. The average Bonchev–Trinajstić information content (AvgIpc) is 2.54. The third-order valence-corrected chi connectivity index (χ3v) is 3.93. The van der Waals surface area contributed by atoms with E-state index in [9.17, 15) is 9.59 Å². The molecule has 0 bridgehead atoms. The van der Waals surface area contributed by atoms with Crippen molar-refractivity contribution in [2.24, 2.45) is 0 Å². The molecule has 132 valence electrons. The monoisotopic (exact) mass is 375 g/mol. The van der Waals surface area contributed by atoms with Crippen LogP contribution in [0.1, 0.15) is 13.3 Å². The quantitative estimate of drug-likeness (QED) is 0.475. The van der Waals surface area contributed by atoms with Gasteiger partial charge in [0.1, 0.15) is 0 Å². The second kappa shape index (κ2) is 8.32. The smallest absolute Gasteiger partial charge is 0.436 e. The number of anilines is 1. The third-order valence-electron chi connectivity index (χ3n) is 3.19. The van der Waals surface area contributed by atoms with Crippen LogP contribution in [0.25, 0.3) is 0 Å². The van der Waals surface area contributed by atoms with E-state index in [1.54, 1.807) is 6.07 Å². The zero-order valence-corrected chi connectivity index (χ0v) is 15.5. The molecule has 1 aromatic carbocycles.